The van der Waals surface area contributed by atoms with Crippen molar-refractivity contribution in [3.05, 3.63) is 143 Å². The zero-order chi connectivity index (χ0) is 20.6. The molecule has 0 atom stereocenters. The Balaban J connectivity index is 1.79. The maximum atomic E-state index is 6.09. The molecule has 0 aliphatic carbocycles. The molecule has 4 aromatic rings. The van der Waals surface area contributed by atoms with Gasteiger partial charge in [0, 0.05) is 22.8 Å². The Hall–Kier alpha value is -3.49. The summed E-state index contributed by atoms with van der Waals surface area (Å²) < 4.78 is 0. The topological polar surface area (TPSA) is 24.1 Å². The van der Waals surface area contributed by atoms with E-state index in [1.807, 2.05) is 42.5 Å². The molecule has 30 heavy (non-hydrogen) atoms. The first-order chi connectivity index (χ1) is 14.8. The SMILES string of the molecule is Clc1ccc(NC(NCc2ccccc2)=C(c2ccccc2)c2ccccc2)cc1. The van der Waals surface area contributed by atoms with Crippen LogP contribution in [0.4, 0.5) is 5.69 Å². The molecular weight excluding hydrogens is 388 g/mol. The average molecular weight is 411 g/mol. The minimum absolute atomic E-state index is 0.708. The van der Waals surface area contributed by atoms with E-state index in [0.29, 0.717) is 6.54 Å². The van der Waals surface area contributed by atoms with Gasteiger partial charge >= 0.3 is 0 Å². The summed E-state index contributed by atoms with van der Waals surface area (Å²) in [7, 11) is 0. The summed E-state index contributed by atoms with van der Waals surface area (Å²) in [5.74, 6) is 0.943. The lowest BCUT2D eigenvalue weighted by atomic mass is 9.97. The molecule has 148 valence electrons. The van der Waals surface area contributed by atoms with Crippen molar-refractivity contribution in [2.24, 2.45) is 0 Å². The predicted molar refractivity (Wildman–Crippen MR) is 127 cm³/mol. The van der Waals surface area contributed by atoms with Gasteiger partial charge in [-0.25, -0.2) is 0 Å². The van der Waals surface area contributed by atoms with E-state index in [2.05, 4.69) is 83.4 Å². The van der Waals surface area contributed by atoms with Gasteiger partial charge in [-0.1, -0.05) is 103 Å². The molecule has 0 spiro atoms. The Morgan fingerprint density at radius 1 is 0.600 bits per heavy atom. The van der Waals surface area contributed by atoms with Gasteiger partial charge in [-0.3, -0.25) is 0 Å². The molecule has 4 aromatic carbocycles. The summed E-state index contributed by atoms with van der Waals surface area (Å²) in [6, 6.07) is 39.0. The molecule has 0 fully saturated rings. The Bertz CT molecular complexity index is 1050. The van der Waals surface area contributed by atoms with Crippen LogP contribution in [0.15, 0.2) is 121 Å². The van der Waals surface area contributed by atoms with E-state index in [1.165, 1.54) is 5.56 Å². The van der Waals surface area contributed by atoms with Gasteiger partial charge in [0.15, 0.2) is 0 Å². The molecule has 0 saturated carbocycles. The maximum absolute atomic E-state index is 6.09. The third kappa shape index (κ3) is 5.11. The Morgan fingerprint density at radius 2 is 1.10 bits per heavy atom. The highest BCUT2D eigenvalue weighted by Gasteiger charge is 2.13. The molecule has 0 aromatic heterocycles. The first kappa shape index (κ1) is 19.8. The smallest absolute Gasteiger partial charge is 0.112 e. The highest BCUT2D eigenvalue weighted by atomic mass is 35.5. The second kappa shape index (κ2) is 9.82. The molecule has 0 heterocycles. The number of halogens is 1. The standard InChI is InChI=1S/C27H23ClN2/c28-24-16-18-25(19-17-24)30-27(29-20-21-10-4-1-5-11-21)26(22-12-6-2-7-13-22)23-14-8-3-9-15-23/h1-19,29-30H,20H2. The molecule has 0 radical (unpaired) electrons. The summed E-state index contributed by atoms with van der Waals surface area (Å²) in [6.07, 6.45) is 0. The highest BCUT2D eigenvalue weighted by molar-refractivity contribution is 6.30. The van der Waals surface area contributed by atoms with E-state index in [1.54, 1.807) is 0 Å². The number of rotatable bonds is 7. The molecule has 2 nitrogen and oxygen atoms in total. The second-order valence-corrected chi connectivity index (χ2v) is 7.39. The number of benzene rings is 4. The molecule has 0 aliphatic rings. The summed E-state index contributed by atoms with van der Waals surface area (Å²) in [5.41, 5.74) is 5.58. The zero-order valence-electron chi connectivity index (χ0n) is 16.6. The Morgan fingerprint density at radius 3 is 1.63 bits per heavy atom. The van der Waals surface area contributed by atoms with Gasteiger partial charge in [0.25, 0.3) is 0 Å². The van der Waals surface area contributed by atoms with Crippen LogP contribution in [0.1, 0.15) is 16.7 Å². The van der Waals surface area contributed by atoms with E-state index < -0.39 is 0 Å². The minimum Gasteiger partial charge on any atom is -0.367 e. The van der Waals surface area contributed by atoms with Crippen LogP contribution in [0.25, 0.3) is 5.57 Å². The lowest BCUT2D eigenvalue weighted by molar-refractivity contribution is 0.819. The fourth-order valence-electron chi connectivity index (χ4n) is 3.32. The largest absolute Gasteiger partial charge is 0.367 e. The molecule has 0 bridgehead atoms. The van der Waals surface area contributed by atoms with Crippen molar-refractivity contribution in [2.75, 3.05) is 5.32 Å². The van der Waals surface area contributed by atoms with E-state index in [9.17, 15) is 0 Å². The van der Waals surface area contributed by atoms with Crippen molar-refractivity contribution in [1.82, 2.24) is 5.32 Å². The molecule has 2 N–H and O–H groups in total. The fourth-order valence-corrected chi connectivity index (χ4v) is 3.45. The van der Waals surface area contributed by atoms with Crippen molar-refractivity contribution >= 4 is 22.9 Å². The van der Waals surface area contributed by atoms with Crippen LogP contribution >= 0.6 is 11.6 Å². The van der Waals surface area contributed by atoms with Gasteiger partial charge in [-0.2, -0.15) is 0 Å². The van der Waals surface area contributed by atoms with Crippen LogP contribution < -0.4 is 10.6 Å². The zero-order valence-corrected chi connectivity index (χ0v) is 17.3. The van der Waals surface area contributed by atoms with Gasteiger partial charge in [-0.15, -0.1) is 0 Å². The lowest BCUT2D eigenvalue weighted by Crippen LogP contribution is -2.21. The second-order valence-electron chi connectivity index (χ2n) is 6.95. The predicted octanol–water partition coefficient (Wildman–Crippen LogP) is 6.96. The molecule has 0 aliphatic heterocycles. The van der Waals surface area contributed by atoms with Crippen LogP contribution in [0.3, 0.4) is 0 Å². The Kier molecular flexibility index (Phi) is 6.48. The first-order valence-corrected chi connectivity index (χ1v) is 10.3. The summed E-state index contributed by atoms with van der Waals surface area (Å²) in [4.78, 5) is 0. The molecule has 4 rings (SSSR count). The van der Waals surface area contributed by atoms with Gasteiger partial charge in [0.1, 0.15) is 5.82 Å². The quantitative estimate of drug-likeness (QED) is 0.344. The summed E-state index contributed by atoms with van der Waals surface area (Å²) >= 11 is 6.09. The van der Waals surface area contributed by atoms with Crippen molar-refractivity contribution in [1.29, 1.82) is 0 Å². The first-order valence-electron chi connectivity index (χ1n) is 9.95. The Labute approximate surface area is 182 Å². The van der Waals surface area contributed by atoms with Crippen molar-refractivity contribution < 1.29 is 0 Å². The average Bonchev–Trinajstić information content (AvgIpc) is 2.81. The van der Waals surface area contributed by atoms with Crippen LogP contribution in [-0.2, 0) is 6.54 Å². The number of anilines is 1. The van der Waals surface area contributed by atoms with E-state index >= 15 is 0 Å². The van der Waals surface area contributed by atoms with Crippen LogP contribution in [0.2, 0.25) is 5.02 Å². The van der Waals surface area contributed by atoms with E-state index in [4.69, 9.17) is 11.6 Å². The third-order valence-electron chi connectivity index (χ3n) is 4.80. The van der Waals surface area contributed by atoms with E-state index in [0.717, 1.165) is 33.2 Å². The summed E-state index contributed by atoms with van der Waals surface area (Å²) in [6.45, 7) is 0.708. The minimum atomic E-state index is 0.708. The van der Waals surface area contributed by atoms with Crippen LogP contribution in [0, 0.1) is 0 Å². The van der Waals surface area contributed by atoms with Crippen LogP contribution in [0.5, 0.6) is 0 Å². The highest BCUT2D eigenvalue weighted by Crippen LogP contribution is 2.27. The molecule has 3 heteroatoms. The van der Waals surface area contributed by atoms with E-state index in [-0.39, 0.29) is 0 Å². The monoisotopic (exact) mass is 410 g/mol. The van der Waals surface area contributed by atoms with Crippen LogP contribution in [-0.4, -0.2) is 0 Å². The van der Waals surface area contributed by atoms with Crippen molar-refractivity contribution in [3.63, 3.8) is 0 Å². The van der Waals surface area contributed by atoms with Crippen molar-refractivity contribution in [2.45, 2.75) is 6.54 Å². The summed E-state index contributed by atoms with van der Waals surface area (Å²) in [5, 5.41) is 7.93. The lowest BCUT2D eigenvalue weighted by Gasteiger charge is -2.20. The number of hydrogen-bond acceptors (Lipinski definition) is 2. The van der Waals surface area contributed by atoms with Gasteiger partial charge in [0.05, 0.1) is 0 Å². The molecule has 0 saturated heterocycles. The maximum Gasteiger partial charge on any atom is 0.112 e. The molecular formula is C27H23ClN2. The number of hydrogen-bond donors (Lipinski definition) is 2. The van der Waals surface area contributed by atoms with Gasteiger partial charge < -0.3 is 10.6 Å². The number of nitrogens with one attached hydrogen (secondary N) is 2. The molecule has 0 unspecified atom stereocenters. The van der Waals surface area contributed by atoms with Crippen molar-refractivity contribution in [3.8, 4) is 0 Å². The fraction of sp³-hybridized carbons (Fsp3) is 0.0370. The van der Waals surface area contributed by atoms with Gasteiger partial charge in [0.2, 0.25) is 0 Å². The van der Waals surface area contributed by atoms with Gasteiger partial charge in [-0.05, 0) is 41.0 Å². The molecule has 0 amide bonds. The normalized spacial score (nSPS) is 10.3. The third-order valence-corrected chi connectivity index (χ3v) is 5.05.